The largest absolute Gasteiger partial charge is 0.507 e. The van der Waals surface area contributed by atoms with Crippen LogP contribution in [0.5, 0.6) is 5.75 Å². The van der Waals surface area contributed by atoms with Crippen LogP contribution in [-0.4, -0.2) is 34.9 Å². The second-order valence-corrected chi connectivity index (χ2v) is 9.77. The normalized spacial score (nSPS) is 16.4. The predicted octanol–water partition coefficient (Wildman–Crippen LogP) is 5.44. The molecule has 0 radical (unpaired) electrons. The van der Waals surface area contributed by atoms with Crippen LogP contribution >= 0.6 is 11.3 Å². The topological polar surface area (TPSA) is 106 Å². The third-order valence-corrected chi connectivity index (χ3v) is 7.10. The monoisotopic (exact) mass is 540 g/mol. The van der Waals surface area contributed by atoms with Gasteiger partial charge in [-0.2, -0.15) is 0 Å². The number of hydrogen-bond donors (Lipinski definition) is 1. The number of hydrogen-bond acceptors (Lipinski definition) is 8. The summed E-state index contributed by atoms with van der Waals surface area (Å²) in [6, 6.07) is 20.1. The highest BCUT2D eigenvalue weighted by Crippen LogP contribution is 2.42. The molecule has 0 bridgehead atoms. The molecule has 0 unspecified atom stereocenters. The number of nitrogens with zero attached hydrogens (tertiary/aromatic N) is 2. The number of carbonyl (C=O) groups excluding carboxylic acids is 3. The summed E-state index contributed by atoms with van der Waals surface area (Å²) in [6.07, 6.45) is 1.53. The number of aryl methyl sites for hydroxylation is 1. The molecule has 9 heteroatoms. The number of aromatic nitrogens is 1. The van der Waals surface area contributed by atoms with Gasteiger partial charge in [0.15, 0.2) is 5.13 Å². The van der Waals surface area contributed by atoms with Crippen LogP contribution in [0.25, 0.3) is 5.76 Å². The van der Waals surface area contributed by atoms with Crippen LogP contribution in [0.2, 0.25) is 0 Å². The Hall–Kier alpha value is -4.76. The molecule has 1 aliphatic rings. The molecule has 196 valence electrons. The Morgan fingerprint density at radius 3 is 2.38 bits per heavy atom. The van der Waals surface area contributed by atoms with Gasteiger partial charge in [-0.1, -0.05) is 42.0 Å². The molecule has 2 heterocycles. The van der Waals surface area contributed by atoms with Gasteiger partial charge in [-0.3, -0.25) is 14.5 Å². The van der Waals surface area contributed by atoms with Gasteiger partial charge in [0.1, 0.15) is 18.1 Å². The Labute approximate surface area is 228 Å². The Morgan fingerprint density at radius 1 is 1.03 bits per heavy atom. The fourth-order valence-corrected chi connectivity index (χ4v) is 5.10. The number of esters is 1. The number of aliphatic hydroxyl groups is 1. The first-order valence-corrected chi connectivity index (χ1v) is 12.9. The number of anilines is 1. The Balaban J connectivity index is 1.49. The van der Waals surface area contributed by atoms with Gasteiger partial charge in [-0.25, -0.2) is 9.78 Å². The van der Waals surface area contributed by atoms with E-state index >= 15 is 0 Å². The summed E-state index contributed by atoms with van der Waals surface area (Å²) in [5.74, 6) is -1.87. The van der Waals surface area contributed by atoms with Gasteiger partial charge in [-0.15, -0.1) is 11.3 Å². The first-order chi connectivity index (χ1) is 18.9. The number of amides is 1. The fourth-order valence-electron chi connectivity index (χ4n) is 4.43. The number of methoxy groups -OCH3 is 1. The number of ketones is 1. The lowest BCUT2D eigenvalue weighted by Gasteiger charge is -2.23. The zero-order chi connectivity index (χ0) is 27.5. The zero-order valence-corrected chi connectivity index (χ0v) is 22.0. The minimum absolute atomic E-state index is 0.0746. The van der Waals surface area contributed by atoms with Crippen LogP contribution in [0.4, 0.5) is 5.13 Å². The van der Waals surface area contributed by atoms with Gasteiger partial charge < -0.3 is 14.6 Å². The SMILES string of the molecule is COC(=O)c1ccc([C@@H]2/C(=C(\O)c3ccc(OCc4cccc(C)c4)cc3)C(=O)C(=O)N2c2nccs2)cc1. The van der Waals surface area contributed by atoms with Crippen LogP contribution in [0, 0.1) is 6.92 Å². The lowest BCUT2D eigenvalue weighted by Crippen LogP contribution is -2.29. The van der Waals surface area contributed by atoms with E-state index in [-0.39, 0.29) is 11.3 Å². The zero-order valence-electron chi connectivity index (χ0n) is 21.2. The van der Waals surface area contributed by atoms with Crippen molar-refractivity contribution in [1.29, 1.82) is 0 Å². The van der Waals surface area contributed by atoms with E-state index in [2.05, 4.69) is 4.98 Å². The molecule has 1 aliphatic heterocycles. The van der Waals surface area contributed by atoms with E-state index in [1.807, 2.05) is 31.2 Å². The molecular formula is C30H24N2O6S. The minimum Gasteiger partial charge on any atom is -0.507 e. The molecule has 1 fully saturated rings. The fraction of sp³-hybridized carbons (Fsp3) is 0.133. The third-order valence-electron chi connectivity index (χ3n) is 6.33. The van der Waals surface area contributed by atoms with E-state index < -0.39 is 23.7 Å². The number of carbonyl (C=O) groups is 3. The Kier molecular flexibility index (Phi) is 7.25. The lowest BCUT2D eigenvalue weighted by molar-refractivity contribution is -0.132. The van der Waals surface area contributed by atoms with E-state index in [0.717, 1.165) is 11.1 Å². The molecule has 4 aromatic rings. The molecule has 1 saturated heterocycles. The summed E-state index contributed by atoms with van der Waals surface area (Å²) in [6.45, 7) is 2.40. The Bertz CT molecular complexity index is 1560. The molecule has 0 spiro atoms. The highest BCUT2D eigenvalue weighted by molar-refractivity contribution is 7.14. The molecule has 1 atom stereocenters. The van der Waals surface area contributed by atoms with Crippen molar-refractivity contribution < 1.29 is 29.0 Å². The number of rotatable bonds is 7. The van der Waals surface area contributed by atoms with Crippen molar-refractivity contribution >= 4 is 39.9 Å². The smallest absolute Gasteiger partial charge is 0.337 e. The van der Waals surface area contributed by atoms with Crippen molar-refractivity contribution in [2.24, 2.45) is 0 Å². The summed E-state index contributed by atoms with van der Waals surface area (Å²) in [5.41, 5.74) is 3.29. The van der Waals surface area contributed by atoms with Gasteiger partial charge in [0, 0.05) is 17.1 Å². The van der Waals surface area contributed by atoms with Crippen molar-refractivity contribution in [2.75, 3.05) is 12.0 Å². The number of ether oxygens (including phenoxy) is 2. The van der Waals surface area contributed by atoms with Crippen molar-refractivity contribution in [2.45, 2.75) is 19.6 Å². The van der Waals surface area contributed by atoms with E-state index in [9.17, 15) is 19.5 Å². The van der Waals surface area contributed by atoms with E-state index in [1.165, 1.54) is 29.5 Å². The second-order valence-electron chi connectivity index (χ2n) is 8.90. The van der Waals surface area contributed by atoms with Crippen LogP contribution in [0.3, 0.4) is 0 Å². The molecule has 1 N–H and O–H groups in total. The maximum absolute atomic E-state index is 13.3. The van der Waals surface area contributed by atoms with Crippen LogP contribution < -0.4 is 9.64 Å². The molecule has 0 aliphatic carbocycles. The van der Waals surface area contributed by atoms with Gasteiger partial charge in [0.05, 0.1) is 24.3 Å². The molecule has 5 rings (SSSR count). The van der Waals surface area contributed by atoms with Crippen molar-refractivity contribution in [3.05, 3.63) is 118 Å². The number of Topliss-reactive ketones (excluding diaryl/α,β-unsaturated/α-hetero) is 1. The quantitative estimate of drug-likeness (QED) is 0.144. The summed E-state index contributed by atoms with van der Waals surface area (Å²) in [5, 5.41) is 13.3. The van der Waals surface area contributed by atoms with E-state index in [0.29, 0.717) is 34.2 Å². The number of thiazole rings is 1. The minimum atomic E-state index is -0.944. The molecule has 1 aromatic heterocycles. The molecule has 8 nitrogen and oxygen atoms in total. The molecular weight excluding hydrogens is 516 g/mol. The summed E-state index contributed by atoms with van der Waals surface area (Å²) in [7, 11) is 1.28. The number of benzene rings is 3. The van der Waals surface area contributed by atoms with Gasteiger partial charge in [0.25, 0.3) is 5.78 Å². The van der Waals surface area contributed by atoms with Gasteiger partial charge in [0.2, 0.25) is 0 Å². The summed E-state index contributed by atoms with van der Waals surface area (Å²) in [4.78, 5) is 43.8. The van der Waals surface area contributed by atoms with Crippen molar-refractivity contribution in [3.8, 4) is 5.75 Å². The van der Waals surface area contributed by atoms with Crippen molar-refractivity contribution in [3.63, 3.8) is 0 Å². The first-order valence-electron chi connectivity index (χ1n) is 12.0. The first kappa shape index (κ1) is 25.9. The third kappa shape index (κ3) is 5.17. The summed E-state index contributed by atoms with van der Waals surface area (Å²) >= 11 is 1.20. The van der Waals surface area contributed by atoms with Gasteiger partial charge >= 0.3 is 11.9 Å². The van der Waals surface area contributed by atoms with Crippen LogP contribution in [0.1, 0.15) is 38.7 Å². The van der Waals surface area contributed by atoms with E-state index in [1.54, 1.807) is 53.9 Å². The second kappa shape index (κ2) is 10.9. The molecule has 1 amide bonds. The summed E-state index contributed by atoms with van der Waals surface area (Å²) < 4.78 is 10.6. The van der Waals surface area contributed by atoms with Crippen molar-refractivity contribution in [1.82, 2.24) is 4.98 Å². The van der Waals surface area contributed by atoms with Crippen LogP contribution in [0.15, 0.2) is 89.9 Å². The van der Waals surface area contributed by atoms with E-state index in [4.69, 9.17) is 9.47 Å². The number of aliphatic hydroxyl groups excluding tert-OH is 1. The predicted molar refractivity (Wildman–Crippen MR) is 147 cm³/mol. The van der Waals surface area contributed by atoms with Crippen LogP contribution in [-0.2, 0) is 20.9 Å². The standard InChI is InChI=1S/C30H24N2O6S/c1-18-4-3-5-19(16-18)17-38-23-12-10-21(11-13-23)26(33)24-25(20-6-8-22(9-7-20)29(36)37-2)32(28(35)27(24)34)30-31-14-15-39-30/h3-16,25,33H,17H2,1-2H3/b26-24+/t25-/m1/s1. The highest BCUT2D eigenvalue weighted by atomic mass is 32.1. The average Bonchev–Trinajstić information content (AvgIpc) is 3.58. The van der Waals surface area contributed by atoms with Gasteiger partial charge in [-0.05, 0) is 54.4 Å². The maximum atomic E-state index is 13.3. The average molecular weight is 541 g/mol. The Morgan fingerprint density at radius 2 is 1.74 bits per heavy atom. The molecule has 0 saturated carbocycles. The highest BCUT2D eigenvalue weighted by Gasteiger charge is 2.48. The lowest BCUT2D eigenvalue weighted by atomic mass is 9.94. The molecule has 39 heavy (non-hydrogen) atoms. The molecule has 3 aromatic carbocycles. The maximum Gasteiger partial charge on any atom is 0.337 e.